The van der Waals surface area contributed by atoms with Gasteiger partial charge < -0.3 is 10.0 Å². The Morgan fingerprint density at radius 1 is 1.17 bits per heavy atom. The highest BCUT2D eigenvalue weighted by atomic mass is 32.2. The van der Waals surface area contributed by atoms with Crippen LogP contribution in [-0.2, 0) is 25.4 Å². The number of benzene rings is 1. The number of carbonyl (C=O) groups is 2. The lowest BCUT2D eigenvalue weighted by Crippen LogP contribution is -2.61. The highest BCUT2D eigenvalue weighted by Crippen LogP contribution is 2.27. The number of aliphatic carboxylic acids is 1. The summed E-state index contributed by atoms with van der Waals surface area (Å²) >= 11 is 0. The van der Waals surface area contributed by atoms with Crippen molar-refractivity contribution in [2.75, 3.05) is 19.6 Å². The summed E-state index contributed by atoms with van der Waals surface area (Å²) in [7, 11) is -3.41. The zero-order valence-corrected chi connectivity index (χ0v) is 13.3. The Morgan fingerprint density at radius 2 is 1.83 bits per heavy atom. The van der Waals surface area contributed by atoms with Gasteiger partial charge >= 0.3 is 5.97 Å². The average molecular weight is 338 g/mol. The molecule has 0 spiro atoms. The first-order valence-corrected chi connectivity index (χ1v) is 9.02. The van der Waals surface area contributed by atoms with Gasteiger partial charge in [0, 0.05) is 26.1 Å². The monoisotopic (exact) mass is 338 g/mol. The van der Waals surface area contributed by atoms with Crippen LogP contribution in [0.4, 0.5) is 0 Å². The van der Waals surface area contributed by atoms with Crippen molar-refractivity contribution in [2.24, 2.45) is 5.92 Å². The predicted molar refractivity (Wildman–Crippen MR) is 81.9 cm³/mol. The molecular formula is C15H18N2O5S. The fourth-order valence-electron chi connectivity index (χ4n) is 2.97. The number of hydrogen-bond donors (Lipinski definition) is 1. The highest BCUT2D eigenvalue weighted by molar-refractivity contribution is 7.88. The molecule has 2 aliphatic rings. The van der Waals surface area contributed by atoms with Crippen molar-refractivity contribution in [2.45, 2.75) is 18.2 Å². The molecule has 2 fully saturated rings. The summed E-state index contributed by atoms with van der Waals surface area (Å²) in [6.45, 7) is 0.659. The Hall–Kier alpha value is -1.93. The van der Waals surface area contributed by atoms with Crippen molar-refractivity contribution in [3.8, 4) is 0 Å². The van der Waals surface area contributed by atoms with E-state index in [0.717, 1.165) is 5.56 Å². The standard InChI is InChI=1S/C15H18N2O5S/c18-14-6-12(15(19)20)7-17(14)13-8-16(9-13)23(21,22)10-11-4-2-1-3-5-11/h1-5,12-13H,6-10H2,(H,19,20). The summed E-state index contributed by atoms with van der Waals surface area (Å²) in [5, 5.41) is 8.98. The number of amides is 1. The third kappa shape index (κ3) is 3.23. The molecule has 0 radical (unpaired) electrons. The van der Waals surface area contributed by atoms with Crippen LogP contribution in [0.15, 0.2) is 30.3 Å². The largest absolute Gasteiger partial charge is 0.481 e. The maximum atomic E-state index is 12.3. The molecule has 23 heavy (non-hydrogen) atoms. The topological polar surface area (TPSA) is 95.0 Å². The lowest BCUT2D eigenvalue weighted by atomic mass is 10.1. The van der Waals surface area contributed by atoms with Gasteiger partial charge in [-0.2, -0.15) is 4.31 Å². The maximum Gasteiger partial charge on any atom is 0.308 e. The second-order valence-electron chi connectivity index (χ2n) is 6.00. The molecule has 1 N–H and O–H groups in total. The highest BCUT2D eigenvalue weighted by Gasteiger charge is 2.45. The van der Waals surface area contributed by atoms with Crippen molar-refractivity contribution in [1.82, 2.24) is 9.21 Å². The Morgan fingerprint density at radius 3 is 2.39 bits per heavy atom. The van der Waals surface area contributed by atoms with Gasteiger partial charge in [0.1, 0.15) is 0 Å². The Balaban J connectivity index is 1.58. The summed E-state index contributed by atoms with van der Waals surface area (Å²) in [4.78, 5) is 24.3. The van der Waals surface area contributed by atoms with Crippen LogP contribution in [0.2, 0.25) is 0 Å². The number of hydrogen-bond acceptors (Lipinski definition) is 4. The number of nitrogens with zero attached hydrogens (tertiary/aromatic N) is 2. The normalized spacial score (nSPS) is 23.0. The molecule has 1 aromatic rings. The Labute approximate surface area is 134 Å². The van der Waals surface area contributed by atoms with Gasteiger partial charge in [0.25, 0.3) is 0 Å². The third-order valence-corrected chi connectivity index (χ3v) is 6.15. The zero-order chi connectivity index (χ0) is 16.6. The molecule has 1 unspecified atom stereocenters. The lowest BCUT2D eigenvalue weighted by molar-refractivity contribution is -0.141. The van der Waals surface area contributed by atoms with Crippen molar-refractivity contribution in [3.63, 3.8) is 0 Å². The fraction of sp³-hybridized carbons (Fsp3) is 0.467. The van der Waals surface area contributed by atoms with E-state index in [1.807, 2.05) is 6.07 Å². The summed E-state index contributed by atoms with van der Waals surface area (Å²) in [5.74, 6) is -1.93. The van der Waals surface area contributed by atoms with E-state index in [1.165, 1.54) is 9.21 Å². The van der Waals surface area contributed by atoms with E-state index in [2.05, 4.69) is 0 Å². The third-order valence-electron chi connectivity index (χ3n) is 4.36. The van der Waals surface area contributed by atoms with E-state index in [9.17, 15) is 18.0 Å². The van der Waals surface area contributed by atoms with E-state index >= 15 is 0 Å². The van der Waals surface area contributed by atoms with Gasteiger partial charge in [-0.3, -0.25) is 9.59 Å². The molecule has 0 saturated carbocycles. The molecule has 124 valence electrons. The lowest BCUT2D eigenvalue weighted by Gasteiger charge is -2.43. The zero-order valence-electron chi connectivity index (χ0n) is 12.5. The molecule has 3 rings (SSSR count). The first-order valence-electron chi connectivity index (χ1n) is 7.41. The molecule has 1 amide bonds. The minimum Gasteiger partial charge on any atom is -0.481 e. The molecule has 0 aliphatic carbocycles. The van der Waals surface area contributed by atoms with Crippen LogP contribution < -0.4 is 0 Å². The SMILES string of the molecule is O=C(O)C1CC(=O)N(C2CN(S(=O)(=O)Cc3ccccc3)C2)C1. The molecule has 1 aromatic carbocycles. The van der Waals surface area contributed by atoms with Gasteiger partial charge in [-0.1, -0.05) is 30.3 Å². The summed E-state index contributed by atoms with van der Waals surface area (Å²) < 4.78 is 26.0. The van der Waals surface area contributed by atoms with Gasteiger partial charge in [-0.05, 0) is 5.56 Å². The van der Waals surface area contributed by atoms with Gasteiger partial charge in [0.2, 0.25) is 15.9 Å². The summed E-state index contributed by atoms with van der Waals surface area (Å²) in [6.07, 6.45) is 0.00258. The molecular weight excluding hydrogens is 320 g/mol. The second-order valence-corrected chi connectivity index (χ2v) is 7.97. The van der Waals surface area contributed by atoms with Gasteiger partial charge in [0.15, 0.2) is 0 Å². The average Bonchev–Trinajstić information content (AvgIpc) is 2.80. The molecule has 0 bridgehead atoms. The number of sulfonamides is 1. The number of carbonyl (C=O) groups excluding carboxylic acids is 1. The molecule has 2 saturated heterocycles. The van der Waals surface area contributed by atoms with Gasteiger partial charge in [-0.25, -0.2) is 8.42 Å². The van der Waals surface area contributed by atoms with Gasteiger partial charge in [0.05, 0.1) is 17.7 Å². The predicted octanol–water partition coefficient (Wildman–Crippen LogP) is 0.134. The first-order chi connectivity index (χ1) is 10.9. The van der Waals surface area contributed by atoms with Crippen LogP contribution in [0, 0.1) is 5.92 Å². The van der Waals surface area contributed by atoms with Crippen molar-refractivity contribution < 1.29 is 23.1 Å². The second kappa shape index (κ2) is 5.93. The number of rotatable bonds is 5. The minimum absolute atomic E-state index is 0.00258. The fourth-order valence-corrected chi connectivity index (χ4v) is 4.56. The molecule has 7 nitrogen and oxygen atoms in total. The van der Waals surface area contributed by atoms with Crippen LogP contribution in [0.1, 0.15) is 12.0 Å². The van der Waals surface area contributed by atoms with Crippen LogP contribution in [0.25, 0.3) is 0 Å². The van der Waals surface area contributed by atoms with Crippen molar-refractivity contribution >= 4 is 21.9 Å². The van der Waals surface area contributed by atoms with Crippen LogP contribution in [0.5, 0.6) is 0 Å². The van der Waals surface area contributed by atoms with Crippen LogP contribution >= 0.6 is 0 Å². The number of likely N-dealkylation sites (tertiary alicyclic amines) is 1. The van der Waals surface area contributed by atoms with E-state index in [0.29, 0.717) is 0 Å². The smallest absolute Gasteiger partial charge is 0.308 e. The molecule has 1 atom stereocenters. The number of carboxylic acids is 1. The molecule has 2 heterocycles. The number of carboxylic acid groups (broad SMARTS) is 1. The molecule has 8 heteroatoms. The van der Waals surface area contributed by atoms with Gasteiger partial charge in [-0.15, -0.1) is 0 Å². The van der Waals surface area contributed by atoms with E-state index in [-0.39, 0.29) is 43.8 Å². The van der Waals surface area contributed by atoms with E-state index in [1.54, 1.807) is 24.3 Å². The first kappa shape index (κ1) is 15.9. The Kier molecular flexibility index (Phi) is 4.11. The quantitative estimate of drug-likeness (QED) is 0.824. The maximum absolute atomic E-state index is 12.3. The summed E-state index contributed by atoms with van der Waals surface area (Å²) in [6, 6.07) is 8.72. The van der Waals surface area contributed by atoms with Crippen LogP contribution in [-0.4, -0.2) is 60.3 Å². The molecule has 2 aliphatic heterocycles. The Bertz CT molecular complexity index is 713. The van der Waals surface area contributed by atoms with E-state index in [4.69, 9.17) is 5.11 Å². The van der Waals surface area contributed by atoms with E-state index < -0.39 is 21.9 Å². The summed E-state index contributed by atoms with van der Waals surface area (Å²) in [5.41, 5.74) is 0.721. The minimum atomic E-state index is -3.41. The van der Waals surface area contributed by atoms with Crippen molar-refractivity contribution in [3.05, 3.63) is 35.9 Å². The van der Waals surface area contributed by atoms with Crippen LogP contribution in [0.3, 0.4) is 0 Å². The molecule has 0 aromatic heterocycles. The van der Waals surface area contributed by atoms with Crippen molar-refractivity contribution in [1.29, 1.82) is 0 Å².